The van der Waals surface area contributed by atoms with Crippen LogP contribution in [0.4, 0.5) is 11.8 Å². The van der Waals surface area contributed by atoms with Crippen molar-refractivity contribution in [1.82, 2.24) is 9.97 Å². The van der Waals surface area contributed by atoms with Crippen LogP contribution >= 0.6 is 0 Å². The zero-order valence-electron chi connectivity index (χ0n) is 18.9. The monoisotopic (exact) mass is 438 g/mol. The number of ether oxygens (including phenoxy) is 4. The first-order valence-electron chi connectivity index (χ1n) is 10.5. The number of benzene rings is 2. The van der Waals surface area contributed by atoms with E-state index in [1.54, 1.807) is 13.3 Å². The smallest absolute Gasteiger partial charge is 0.221 e. The highest BCUT2D eigenvalue weighted by Crippen LogP contribution is 2.41. The topological polar surface area (TPSA) is 115 Å². The Balaban J connectivity index is 2.04. The summed E-state index contributed by atoms with van der Waals surface area (Å²) in [6.07, 6.45) is 2.14. The molecule has 0 radical (unpaired) electrons. The highest BCUT2D eigenvalue weighted by molar-refractivity contribution is 5.78. The van der Waals surface area contributed by atoms with E-state index in [4.69, 9.17) is 30.4 Å². The molecule has 0 amide bonds. The van der Waals surface area contributed by atoms with E-state index in [2.05, 4.69) is 9.97 Å². The van der Waals surface area contributed by atoms with E-state index >= 15 is 0 Å². The molecule has 1 heterocycles. The van der Waals surface area contributed by atoms with E-state index in [0.717, 1.165) is 39.5 Å². The molecule has 2 aromatic carbocycles. The van der Waals surface area contributed by atoms with Gasteiger partial charge in [-0.05, 0) is 56.2 Å². The Kier molecular flexibility index (Phi) is 7.72. The first kappa shape index (κ1) is 23.1. The molecule has 1 aromatic heterocycles. The van der Waals surface area contributed by atoms with E-state index in [9.17, 15) is 0 Å². The van der Waals surface area contributed by atoms with Crippen molar-refractivity contribution < 1.29 is 18.9 Å². The number of aromatic nitrogens is 2. The number of hydrogen-bond acceptors (Lipinski definition) is 8. The molecule has 3 aromatic rings. The Bertz CT molecular complexity index is 1040. The van der Waals surface area contributed by atoms with E-state index < -0.39 is 0 Å². The van der Waals surface area contributed by atoms with Gasteiger partial charge in [-0.3, -0.25) is 0 Å². The van der Waals surface area contributed by atoms with Gasteiger partial charge in [0.25, 0.3) is 0 Å². The number of nitrogens with zero attached hydrogens (tertiary/aromatic N) is 2. The van der Waals surface area contributed by atoms with Gasteiger partial charge in [-0.2, -0.15) is 4.98 Å². The second-order valence-corrected chi connectivity index (χ2v) is 7.46. The molecule has 8 nitrogen and oxygen atoms in total. The first-order valence-corrected chi connectivity index (χ1v) is 10.5. The predicted molar refractivity (Wildman–Crippen MR) is 125 cm³/mol. The zero-order chi connectivity index (χ0) is 23.1. The van der Waals surface area contributed by atoms with Gasteiger partial charge in [-0.15, -0.1) is 0 Å². The van der Waals surface area contributed by atoms with Gasteiger partial charge in [0.1, 0.15) is 23.1 Å². The lowest BCUT2D eigenvalue weighted by Crippen LogP contribution is -2.09. The molecule has 0 unspecified atom stereocenters. The van der Waals surface area contributed by atoms with Crippen molar-refractivity contribution in [3.63, 3.8) is 0 Å². The van der Waals surface area contributed by atoms with Gasteiger partial charge in [0, 0.05) is 25.3 Å². The summed E-state index contributed by atoms with van der Waals surface area (Å²) in [7, 11) is 1.59. The minimum atomic E-state index is -0.0206. The van der Waals surface area contributed by atoms with E-state index in [1.807, 2.05) is 57.2 Å². The number of methoxy groups -OCH3 is 1. The van der Waals surface area contributed by atoms with Gasteiger partial charge in [-0.1, -0.05) is 12.1 Å². The van der Waals surface area contributed by atoms with Crippen LogP contribution in [0.5, 0.6) is 17.2 Å². The Morgan fingerprint density at radius 3 is 2.34 bits per heavy atom. The Morgan fingerprint density at radius 1 is 1.00 bits per heavy atom. The van der Waals surface area contributed by atoms with Crippen molar-refractivity contribution in [3.8, 4) is 28.4 Å². The molecule has 4 N–H and O–H groups in total. The molecule has 0 aliphatic carbocycles. The van der Waals surface area contributed by atoms with Crippen LogP contribution in [0.3, 0.4) is 0 Å². The number of nitrogen functional groups attached to an aromatic ring is 2. The highest BCUT2D eigenvalue weighted by Gasteiger charge is 2.18. The average molecular weight is 439 g/mol. The third-order valence-corrected chi connectivity index (χ3v) is 4.59. The minimum Gasteiger partial charge on any atom is -0.493 e. The number of hydrogen-bond donors (Lipinski definition) is 2. The van der Waals surface area contributed by atoms with Crippen LogP contribution in [-0.4, -0.2) is 36.6 Å². The maximum absolute atomic E-state index is 6.20. The summed E-state index contributed by atoms with van der Waals surface area (Å²) in [5.74, 6) is 2.67. The van der Waals surface area contributed by atoms with Crippen molar-refractivity contribution in [2.75, 3.05) is 32.0 Å². The van der Waals surface area contributed by atoms with Gasteiger partial charge in [0.05, 0.1) is 18.3 Å². The second kappa shape index (κ2) is 10.7. The lowest BCUT2D eigenvalue weighted by molar-refractivity contribution is 0.0511. The van der Waals surface area contributed by atoms with Crippen LogP contribution in [-0.2, 0) is 11.2 Å². The maximum Gasteiger partial charge on any atom is 0.221 e. The van der Waals surface area contributed by atoms with Gasteiger partial charge < -0.3 is 30.4 Å². The number of rotatable bonds is 10. The van der Waals surface area contributed by atoms with Crippen LogP contribution in [0.1, 0.15) is 31.9 Å². The lowest BCUT2D eigenvalue weighted by Gasteiger charge is -2.20. The molecule has 0 bridgehead atoms. The first-order chi connectivity index (χ1) is 15.4. The highest BCUT2D eigenvalue weighted by atomic mass is 16.7. The molecule has 32 heavy (non-hydrogen) atoms. The standard InChI is InChI=1S/C24H30N4O4/c1-5-30-20-11-16(10-18-13-27-24(26)28-23(18)25)12-21(32-15(2)3)22(20)17-6-8-19(9-7-17)31-14-29-4/h6-9,11-13,15H,5,10,14H2,1-4H3,(H4,25,26,27,28). The van der Waals surface area contributed by atoms with Gasteiger partial charge in [0.2, 0.25) is 5.95 Å². The van der Waals surface area contributed by atoms with E-state index in [-0.39, 0.29) is 18.8 Å². The van der Waals surface area contributed by atoms with Gasteiger partial charge in [-0.25, -0.2) is 4.98 Å². The fraction of sp³-hybridized carbons (Fsp3) is 0.333. The third kappa shape index (κ3) is 5.79. The van der Waals surface area contributed by atoms with Crippen molar-refractivity contribution >= 4 is 11.8 Å². The quantitative estimate of drug-likeness (QED) is 0.455. The number of anilines is 2. The minimum absolute atomic E-state index is 0.0206. The van der Waals surface area contributed by atoms with Crippen LogP contribution in [0.25, 0.3) is 11.1 Å². The molecular weight excluding hydrogens is 408 g/mol. The fourth-order valence-electron chi connectivity index (χ4n) is 3.28. The summed E-state index contributed by atoms with van der Waals surface area (Å²) in [4.78, 5) is 8.12. The second-order valence-electron chi connectivity index (χ2n) is 7.46. The fourth-order valence-corrected chi connectivity index (χ4v) is 3.28. The molecule has 0 aliphatic rings. The SMILES string of the molecule is CCOc1cc(Cc2cnc(N)nc2N)cc(OC(C)C)c1-c1ccc(OCOC)cc1. The summed E-state index contributed by atoms with van der Waals surface area (Å²) in [5.41, 5.74) is 15.2. The summed E-state index contributed by atoms with van der Waals surface area (Å²) in [5, 5.41) is 0. The predicted octanol–water partition coefficient (Wildman–Crippen LogP) is 4.07. The number of nitrogens with two attached hydrogens (primary N) is 2. The lowest BCUT2D eigenvalue weighted by atomic mass is 9.98. The maximum atomic E-state index is 6.20. The van der Waals surface area contributed by atoms with Crippen LogP contribution in [0.2, 0.25) is 0 Å². The van der Waals surface area contributed by atoms with Crippen LogP contribution < -0.4 is 25.7 Å². The largest absolute Gasteiger partial charge is 0.493 e. The molecule has 0 saturated heterocycles. The van der Waals surface area contributed by atoms with Crippen molar-refractivity contribution in [3.05, 3.63) is 53.7 Å². The molecular formula is C24H30N4O4. The molecule has 8 heteroatoms. The molecule has 0 atom stereocenters. The zero-order valence-corrected chi connectivity index (χ0v) is 18.9. The summed E-state index contributed by atoms with van der Waals surface area (Å²) < 4.78 is 22.7. The molecule has 0 saturated carbocycles. The summed E-state index contributed by atoms with van der Waals surface area (Å²) in [6.45, 7) is 6.64. The third-order valence-electron chi connectivity index (χ3n) is 4.59. The van der Waals surface area contributed by atoms with Gasteiger partial charge >= 0.3 is 0 Å². The molecule has 0 spiro atoms. The Morgan fingerprint density at radius 2 is 1.72 bits per heavy atom. The van der Waals surface area contributed by atoms with E-state index in [1.165, 1.54) is 0 Å². The normalized spacial score (nSPS) is 10.9. The Labute approximate surface area is 188 Å². The Hall–Kier alpha value is -3.52. The van der Waals surface area contributed by atoms with Crippen molar-refractivity contribution in [2.45, 2.75) is 33.3 Å². The molecule has 170 valence electrons. The van der Waals surface area contributed by atoms with E-state index in [0.29, 0.717) is 18.8 Å². The molecule has 0 aliphatic heterocycles. The molecule has 3 rings (SSSR count). The molecule has 0 fully saturated rings. The van der Waals surface area contributed by atoms with Crippen molar-refractivity contribution in [1.29, 1.82) is 0 Å². The van der Waals surface area contributed by atoms with Crippen molar-refractivity contribution in [2.24, 2.45) is 0 Å². The summed E-state index contributed by atoms with van der Waals surface area (Å²) >= 11 is 0. The summed E-state index contributed by atoms with van der Waals surface area (Å²) in [6, 6.07) is 11.7. The van der Waals surface area contributed by atoms with Crippen LogP contribution in [0, 0.1) is 0 Å². The van der Waals surface area contributed by atoms with Crippen LogP contribution in [0.15, 0.2) is 42.6 Å². The average Bonchev–Trinajstić information content (AvgIpc) is 2.75. The van der Waals surface area contributed by atoms with Gasteiger partial charge in [0.15, 0.2) is 6.79 Å².